The Kier molecular flexibility index (Phi) is 4.60. The van der Waals surface area contributed by atoms with Crippen molar-refractivity contribution >= 4 is 10.0 Å². The second kappa shape index (κ2) is 5.24. The van der Waals surface area contributed by atoms with E-state index in [4.69, 9.17) is 0 Å². The zero-order valence-corrected chi connectivity index (χ0v) is 11.9. The van der Waals surface area contributed by atoms with Crippen LogP contribution < -0.4 is 4.72 Å². The van der Waals surface area contributed by atoms with Gasteiger partial charge in [-0.05, 0) is 33.6 Å². The fraction of sp³-hybridized carbons (Fsp3) is 1.00. The molecular formula is C12H25NO3S. The maximum absolute atomic E-state index is 12.0. The van der Waals surface area contributed by atoms with Crippen molar-refractivity contribution in [1.29, 1.82) is 0 Å². The number of hydrogen-bond donors (Lipinski definition) is 2. The smallest absolute Gasteiger partial charge is 0.216 e. The molecule has 0 aromatic carbocycles. The zero-order valence-electron chi connectivity index (χ0n) is 11.1. The molecule has 0 radical (unpaired) electrons. The third-order valence-electron chi connectivity index (χ3n) is 3.69. The van der Waals surface area contributed by atoms with Crippen LogP contribution in [0.25, 0.3) is 0 Å². The van der Waals surface area contributed by atoms with Crippen LogP contribution in [-0.2, 0) is 10.0 Å². The minimum atomic E-state index is -3.31. The van der Waals surface area contributed by atoms with Crippen LogP contribution in [0, 0.1) is 5.41 Å². The molecule has 1 aliphatic carbocycles. The first-order valence-corrected chi connectivity index (χ1v) is 7.81. The summed E-state index contributed by atoms with van der Waals surface area (Å²) in [6.07, 6.45) is 5.18. The normalized spacial score (nSPS) is 21.4. The second-order valence-corrected chi connectivity index (χ2v) is 8.68. The molecule has 1 saturated carbocycles. The summed E-state index contributed by atoms with van der Waals surface area (Å²) >= 11 is 0. The largest absolute Gasteiger partial charge is 0.396 e. The van der Waals surface area contributed by atoms with Crippen molar-refractivity contribution in [3.05, 3.63) is 0 Å². The maximum atomic E-state index is 12.0. The summed E-state index contributed by atoms with van der Waals surface area (Å²) < 4.78 is 25.8. The summed E-state index contributed by atoms with van der Waals surface area (Å²) in [5, 5.41) is 9.51. The molecule has 0 aromatic heterocycles. The molecule has 0 aliphatic heterocycles. The second-order valence-electron chi connectivity index (χ2n) is 6.16. The van der Waals surface area contributed by atoms with Gasteiger partial charge in [-0.15, -0.1) is 0 Å². The van der Waals surface area contributed by atoms with E-state index >= 15 is 0 Å². The van der Waals surface area contributed by atoms with Crippen molar-refractivity contribution in [2.45, 2.75) is 57.6 Å². The Bertz CT molecular complexity index is 337. The van der Waals surface area contributed by atoms with E-state index < -0.39 is 14.8 Å². The van der Waals surface area contributed by atoms with Gasteiger partial charge in [-0.3, -0.25) is 0 Å². The Hall–Kier alpha value is -0.130. The van der Waals surface area contributed by atoms with E-state index in [0.717, 1.165) is 25.7 Å². The Balaban J connectivity index is 2.65. The molecule has 0 aromatic rings. The van der Waals surface area contributed by atoms with Gasteiger partial charge in [0.1, 0.15) is 0 Å². The summed E-state index contributed by atoms with van der Waals surface area (Å²) in [7, 11) is -3.31. The monoisotopic (exact) mass is 263 g/mol. The van der Waals surface area contributed by atoms with Crippen molar-refractivity contribution in [3.63, 3.8) is 0 Å². The topological polar surface area (TPSA) is 66.4 Å². The molecule has 1 rings (SSSR count). The molecule has 0 saturated heterocycles. The summed E-state index contributed by atoms with van der Waals surface area (Å²) in [6, 6.07) is 0. The molecule has 0 spiro atoms. The van der Waals surface area contributed by atoms with Crippen LogP contribution in [0.5, 0.6) is 0 Å². The first-order valence-electron chi connectivity index (χ1n) is 6.33. The molecule has 1 fully saturated rings. The summed E-state index contributed by atoms with van der Waals surface area (Å²) in [5.41, 5.74) is -0.240. The Labute approximate surface area is 105 Å². The van der Waals surface area contributed by atoms with Crippen LogP contribution in [0.3, 0.4) is 0 Å². The Morgan fingerprint density at radius 3 is 2.12 bits per heavy atom. The average Bonchev–Trinajstić information content (AvgIpc) is 2.26. The van der Waals surface area contributed by atoms with E-state index in [1.807, 2.05) is 0 Å². The van der Waals surface area contributed by atoms with Crippen LogP contribution in [0.2, 0.25) is 0 Å². The maximum Gasteiger partial charge on any atom is 0.216 e. The molecular weight excluding hydrogens is 238 g/mol. The standard InChI is InChI=1S/C12H25NO3S/c1-11(2,3)17(15,16)13-9-12(10-14)7-5-4-6-8-12/h13-14H,4-10H2,1-3H3. The fourth-order valence-electron chi connectivity index (χ4n) is 2.16. The molecule has 2 N–H and O–H groups in total. The minimum absolute atomic E-state index is 0.0691. The number of sulfonamides is 1. The van der Waals surface area contributed by atoms with Crippen molar-refractivity contribution in [3.8, 4) is 0 Å². The lowest BCUT2D eigenvalue weighted by molar-refractivity contribution is 0.0866. The Morgan fingerprint density at radius 2 is 1.71 bits per heavy atom. The molecule has 17 heavy (non-hydrogen) atoms. The fourth-order valence-corrected chi connectivity index (χ4v) is 3.09. The highest BCUT2D eigenvalue weighted by atomic mass is 32.2. The van der Waals surface area contributed by atoms with Crippen molar-refractivity contribution in [2.75, 3.05) is 13.2 Å². The van der Waals surface area contributed by atoms with Gasteiger partial charge in [-0.2, -0.15) is 0 Å². The van der Waals surface area contributed by atoms with Crippen LogP contribution in [-0.4, -0.2) is 31.4 Å². The van der Waals surface area contributed by atoms with Gasteiger partial charge in [-0.25, -0.2) is 13.1 Å². The molecule has 0 heterocycles. The van der Waals surface area contributed by atoms with Crippen LogP contribution in [0.1, 0.15) is 52.9 Å². The van der Waals surface area contributed by atoms with Gasteiger partial charge in [-0.1, -0.05) is 19.3 Å². The number of nitrogens with one attached hydrogen (secondary N) is 1. The quantitative estimate of drug-likeness (QED) is 0.810. The van der Waals surface area contributed by atoms with E-state index in [-0.39, 0.29) is 12.0 Å². The lowest BCUT2D eigenvalue weighted by Crippen LogP contribution is -2.46. The SMILES string of the molecule is CC(C)(C)S(=O)(=O)NCC1(CO)CCCCC1. The highest BCUT2D eigenvalue weighted by Crippen LogP contribution is 2.35. The molecule has 1 aliphatic rings. The average molecular weight is 263 g/mol. The molecule has 0 unspecified atom stereocenters. The molecule has 5 heteroatoms. The summed E-state index contributed by atoms with van der Waals surface area (Å²) in [6.45, 7) is 5.48. The van der Waals surface area contributed by atoms with Gasteiger partial charge in [0, 0.05) is 18.6 Å². The number of rotatable bonds is 4. The third kappa shape index (κ3) is 3.66. The lowest BCUT2D eigenvalue weighted by Gasteiger charge is -2.36. The zero-order chi connectivity index (χ0) is 13.2. The van der Waals surface area contributed by atoms with E-state index in [1.165, 1.54) is 6.42 Å². The van der Waals surface area contributed by atoms with Gasteiger partial charge in [0.25, 0.3) is 0 Å². The molecule has 0 amide bonds. The number of aliphatic hydroxyl groups excluding tert-OH is 1. The molecule has 0 atom stereocenters. The highest BCUT2D eigenvalue weighted by molar-refractivity contribution is 7.90. The van der Waals surface area contributed by atoms with E-state index in [9.17, 15) is 13.5 Å². The minimum Gasteiger partial charge on any atom is -0.396 e. The lowest BCUT2D eigenvalue weighted by atomic mass is 9.75. The van der Waals surface area contributed by atoms with Crippen LogP contribution >= 0.6 is 0 Å². The number of hydrogen-bond acceptors (Lipinski definition) is 3. The van der Waals surface area contributed by atoms with Gasteiger partial charge in [0.2, 0.25) is 10.0 Å². The first kappa shape index (κ1) is 14.9. The van der Waals surface area contributed by atoms with Gasteiger partial charge in [0.05, 0.1) is 4.75 Å². The van der Waals surface area contributed by atoms with Gasteiger partial charge in [0.15, 0.2) is 0 Å². The van der Waals surface area contributed by atoms with E-state index in [0.29, 0.717) is 6.54 Å². The first-order chi connectivity index (χ1) is 7.72. The predicted molar refractivity (Wildman–Crippen MR) is 69.3 cm³/mol. The molecule has 4 nitrogen and oxygen atoms in total. The number of aliphatic hydroxyl groups is 1. The summed E-state index contributed by atoms with van der Waals surface area (Å²) in [5.74, 6) is 0. The molecule has 0 bridgehead atoms. The van der Waals surface area contributed by atoms with Crippen LogP contribution in [0.4, 0.5) is 0 Å². The Morgan fingerprint density at radius 1 is 1.18 bits per heavy atom. The highest BCUT2D eigenvalue weighted by Gasteiger charge is 2.35. The van der Waals surface area contributed by atoms with Crippen molar-refractivity contribution in [1.82, 2.24) is 4.72 Å². The van der Waals surface area contributed by atoms with Crippen LogP contribution in [0.15, 0.2) is 0 Å². The van der Waals surface area contributed by atoms with E-state index in [2.05, 4.69) is 4.72 Å². The summed E-state index contributed by atoms with van der Waals surface area (Å²) in [4.78, 5) is 0. The van der Waals surface area contributed by atoms with Crippen molar-refractivity contribution < 1.29 is 13.5 Å². The van der Waals surface area contributed by atoms with Crippen molar-refractivity contribution in [2.24, 2.45) is 5.41 Å². The predicted octanol–water partition coefficient (Wildman–Crippen LogP) is 1.65. The third-order valence-corrected chi connectivity index (χ3v) is 5.83. The van der Waals surface area contributed by atoms with E-state index in [1.54, 1.807) is 20.8 Å². The molecule has 102 valence electrons. The van der Waals surface area contributed by atoms with Gasteiger partial charge < -0.3 is 5.11 Å². The van der Waals surface area contributed by atoms with Gasteiger partial charge >= 0.3 is 0 Å².